The minimum atomic E-state index is 0.424. The van der Waals surface area contributed by atoms with Crippen molar-refractivity contribution < 1.29 is 0 Å². The van der Waals surface area contributed by atoms with Crippen molar-refractivity contribution in [1.29, 1.82) is 0 Å². The van der Waals surface area contributed by atoms with Gasteiger partial charge in [0.2, 0.25) is 0 Å². The van der Waals surface area contributed by atoms with Crippen LogP contribution in [0.4, 0.5) is 0 Å². The SMILES string of the molecule is Cc1cc2nc(CN)n(Cc3cccc(Cl)c3)c2cc1C. The summed E-state index contributed by atoms with van der Waals surface area (Å²) in [4.78, 5) is 4.66. The largest absolute Gasteiger partial charge is 0.324 e. The maximum Gasteiger partial charge on any atom is 0.123 e. The van der Waals surface area contributed by atoms with Crippen LogP contribution in [0.5, 0.6) is 0 Å². The third-order valence-electron chi connectivity index (χ3n) is 3.86. The van der Waals surface area contributed by atoms with Gasteiger partial charge >= 0.3 is 0 Å². The van der Waals surface area contributed by atoms with Crippen molar-refractivity contribution in [1.82, 2.24) is 9.55 Å². The summed E-state index contributed by atoms with van der Waals surface area (Å²) in [5.74, 6) is 0.898. The first-order valence-electron chi connectivity index (χ1n) is 6.99. The number of halogens is 1. The number of benzene rings is 2. The smallest absolute Gasteiger partial charge is 0.123 e. The summed E-state index contributed by atoms with van der Waals surface area (Å²) < 4.78 is 2.17. The lowest BCUT2D eigenvalue weighted by atomic mass is 10.1. The zero-order valence-corrected chi connectivity index (χ0v) is 13.0. The van der Waals surface area contributed by atoms with E-state index in [1.165, 1.54) is 11.1 Å². The van der Waals surface area contributed by atoms with Crippen LogP contribution in [0.15, 0.2) is 36.4 Å². The van der Waals surface area contributed by atoms with Gasteiger partial charge in [-0.15, -0.1) is 0 Å². The van der Waals surface area contributed by atoms with Gasteiger partial charge in [0, 0.05) is 11.6 Å². The second kappa shape index (κ2) is 5.51. The van der Waals surface area contributed by atoms with Crippen molar-refractivity contribution in [2.75, 3.05) is 0 Å². The third kappa shape index (κ3) is 2.67. The molecule has 0 saturated heterocycles. The lowest BCUT2D eigenvalue weighted by molar-refractivity contribution is 0.744. The van der Waals surface area contributed by atoms with Crippen LogP contribution in [0.25, 0.3) is 11.0 Å². The average Bonchev–Trinajstić information content (AvgIpc) is 2.77. The number of nitrogens with two attached hydrogens (primary N) is 1. The molecule has 4 heteroatoms. The Kier molecular flexibility index (Phi) is 3.70. The van der Waals surface area contributed by atoms with Gasteiger partial charge in [0.15, 0.2) is 0 Å². The van der Waals surface area contributed by atoms with Crippen LogP contribution in [-0.4, -0.2) is 9.55 Å². The quantitative estimate of drug-likeness (QED) is 0.799. The molecule has 2 aromatic carbocycles. The summed E-state index contributed by atoms with van der Waals surface area (Å²) in [7, 11) is 0. The number of rotatable bonds is 3. The van der Waals surface area contributed by atoms with Crippen LogP contribution in [0.2, 0.25) is 5.02 Å². The minimum absolute atomic E-state index is 0.424. The fraction of sp³-hybridized carbons (Fsp3) is 0.235. The Morgan fingerprint density at radius 3 is 2.62 bits per heavy atom. The number of nitrogens with zero attached hydrogens (tertiary/aromatic N) is 2. The monoisotopic (exact) mass is 299 g/mol. The summed E-state index contributed by atoms with van der Waals surface area (Å²) in [6, 6.07) is 12.2. The van der Waals surface area contributed by atoms with Gasteiger partial charge in [-0.1, -0.05) is 23.7 Å². The predicted octanol–water partition coefficient (Wildman–Crippen LogP) is 3.81. The highest BCUT2D eigenvalue weighted by Gasteiger charge is 2.11. The standard InChI is InChI=1S/C17H18ClN3/c1-11-6-15-16(7-12(11)2)21(17(9-19)20-15)10-13-4-3-5-14(18)8-13/h3-8H,9-10,19H2,1-2H3. The Hall–Kier alpha value is -1.84. The fourth-order valence-electron chi connectivity index (χ4n) is 2.58. The zero-order valence-electron chi connectivity index (χ0n) is 12.2. The van der Waals surface area contributed by atoms with Gasteiger partial charge in [0.05, 0.1) is 17.6 Å². The molecule has 0 aliphatic rings. The van der Waals surface area contributed by atoms with Crippen LogP contribution < -0.4 is 5.73 Å². The first-order valence-corrected chi connectivity index (χ1v) is 7.37. The molecule has 0 atom stereocenters. The number of aromatic nitrogens is 2. The van der Waals surface area contributed by atoms with E-state index in [-0.39, 0.29) is 0 Å². The highest BCUT2D eigenvalue weighted by molar-refractivity contribution is 6.30. The van der Waals surface area contributed by atoms with Crippen molar-refractivity contribution in [2.24, 2.45) is 5.73 Å². The number of aryl methyl sites for hydroxylation is 2. The van der Waals surface area contributed by atoms with Gasteiger partial charge in [-0.05, 0) is 54.8 Å². The molecule has 0 bridgehead atoms. The van der Waals surface area contributed by atoms with E-state index >= 15 is 0 Å². The Morgan fingerprint density at radius 2 is 1.90 bits per heavy atom. The van der Waals surface area contributed by atoms with Crippen LogP contribution in [-0.2, 0) is 13.1 Å². The van der Waals surface area contributed by atoms with Gasteiger partial charge < -0.3 is 10.3 Å². The summed E-state index contributed by atoms with van der Waals surface area (Å²) in [6.07, 6.45) is 0. The van der Waals surface area contributed by atoms with Crippen LogP contribution in [0.3, 0.4) is 0 Å². The van der Waals surface area contributed by atoms with E-state index in [9.17, 15) is 0 Å². The Labute approximate surface area is 129 Å². The lowest BCUT2D eigenvalue weighted by Gasteiger charge is -2.09. The van der Waals surface area contributed by atoms with E-state index < -0.39 is 0 Å². The van der Waals surface area contributed by atoms with Gasteiger partial charge in [0.1, 0.15) is 5.82 Å². The molecule has 108 valence electrons. The minimum Gasteiger partial charge on any atom is -0.324 e. The van der Waals surface area contributed by atoms with E-state index in [4.69, 9.17) is 17.3 Å². The van der Waals surface area contributed by atoms with E-state index in [0.717, 1.165) is 34.0 Å². The van der Waals surface area contributed by atoms with E-state index in [2.05, 4.69) is 41.6 Å². The van der Waals surface area contributed by atoms with Crippen LogP contribution >= 0.6 is 11.6 Å². The highest BCUT2D eigenvalue weighted by Crippen LogP contribution is 2.22. The topological polar surface area (TPSA) is 43.8 Å². The summed E-state index contributed by atoms with van der Waals surface area (Å²) in [6.45, 7) is 5.37. The molecule has 0 saturated carbocycles. The van der Waals surface area contributed by atoms with E-state index in [1.54, 1.807) is 0 Å². The van der Waals surface area contributed by atoms with Crippen molar-refractivity contribution in [3.8, 4) is 0 Å². The first kappa shape index (κ1) is 14.1. The van der Waals surface area contributed by atoms with E-state index in [1.807, 2.05) is 18.2 Å². The molecule has 0 radical (unpaired) electrons. The number of hydrogen-bond donors (Lipinski definition) is 1. The number of imidazole rings is 1. The number of fused-ring (bicyclic) bond motifs is 1. The van der Waals surface area contributed by atoms with Crippen molar-refractivity contribution in [3.63, 3.8) is 0 Å². The van der Waals surface area contributed by atoms with Gasteiger partial charge in [-0.3, -0.25) is 0 Å². The second-order valence-electron chi connectivity index (χ2n) is 5.37. The molecular weight excluding hydrogens is 282 g/mol. The molecule has 0 unspecified atom stereocenters. The van der Waals surface area contributed by atoms with E-state index in [0.29, 0.717) is 6.54 Å². The normalized spacial score (nSPS) is 11.2. The predicted molar refractivity (Wildman–Crippen MR) is 87.7 cm³/mol. The average molecular weight is 300 g/mol. The molecule has 3 nitrogen and oxygen atoms in total. The van der Waals surface area contributed by atoms with Crippen LogP contribution in [0, 0.1) is 13.8 Å². The zero-order chi connectivity index (χ0) is 15.0. The summed E-state index contributed by atoms with van der Waals surface area (Å²) >= 11 is 6.07. The molecule has 1 heterocycles. The molecule has 1 aromatic heterocycles. The maximum absolute atomic E-state index is 6.07. The van der Waals surface area contributed by atoms with Gasteiger partial charge in [-0.2, -0.15) is 0 Å². The molecular formula is C17H18ClN3. The van der Waals surface area contributed by atoms with Gasteiger partial charge in [-0.25, -0.2) is 4.98 Å². The number of hydrogen-bond acceptors (Lipinski definition) is 2. The van der Waals surface area contributed by atoms with Crippen molar-refractivity contribution >= 4 is 22.6 Å². The first-order chi connectivity index (χ1) is 10.1. The molecule has 21 heavy (non-hydrogen) atoms. The van der Waals surface area contributed by atoms with Crippen molar-refractivity contribution in [2.45, 2.75) is 26.9 Å². The molecule has 0 amide bonds. The Bertz CT molecular complexity index is 805. The van der Waals surface area contributed by atoms with Crippen molar-refractivity contribution in [3.05, 3.63) is 63.9 Å². The molecule has 3 rings (SSSR count). The molecule has 0 aliphatic heterocycles. The second-order valence-corrected chi connectivity index (χ2v) is 5.81. The third-order valence-corrected chi connectivity index (χ3v) is 4.09. The summed E-state index contributed by atoms with van der Waals surface area (Å²) in [5, 5.41) is 0.748. The molecule has 3 aromatic rings. The Balaban J connectivity index is 2.14. The fourth-order valence-corrected chi connectivity index (χ4v) is 2.79. The van der Waals surface area contributed by atoms with Crippen LogP contribution in [0.1, 0.15) is 22.5 Å². The van der Waals surface area contributed by atoms with Gasteiger partial charge in [0.25, 0.3) is 0 Å². The molecule has 0 spiro atoms. The maximum atomic E-state index is 6.07. The Morgan fingerprint density at radius 1 is 1.14 bits per heavy atom. The molecule has 2 N–H and O–H groups in total. The molecule has 0 fully saturated rings. The molecule has 0 aliphatic carbocycles. The summed E-state index contributed by atoms with van der Waals surface area (Å²) in [5.41, 5.74) is 11.6. The highest BCUT2D eigenvalue weighted by atomic mass is 35.5. The lowest BCUT2D eigenvalue weighted by Crippen LogP contribution is -2.09.